The van der Waals surface area contributed by atoms with Gasteiger partial charge in [0.2, 0.25) is 0 Å². The maximum Gasteiger partial charge on any atom is 0.255 e. The number of nitrogens with one attached hydrogen (secondary N) is 1. The van der Waals surface area contributed by atoms with Crippen LogP contribution in [0.3, 0.4) is 0 Å². The number of thioether (sulfide) groups is 1. The Morgan fingerprint density at radius 1 is 0.767 bits per heavy atom. The maximum atomic E-state index is 13.0. The molecule has 0 radical (unpaired) electrons. The third-order valence-electron chi connectivity index (χ3n) is 4.66. The highest BCUT2D eigenvalue weighted by Crippen LogP contribution is 2.22. The summed E-state index contributed by atoms with van der Waals surface area (Å²) in [5.41, 5.74) is 1.77. The highest BCUT2D eigenvalue weighted by molar-refractivity contribution is 8.00. The van der Waals surface area contributed by atoms with Crippen molar-refractivity contribution < 1.29 is 14.0 Å². The first-order valence-corrected chi connectivity index (χ1v) is 10.4. The summed E-state index contributed by atoms with van der Waals surface area (Å²) in [5.74, 6) is -0.337. The fraction of sp³-hybridized carbons (Fsp3) is 0.0400. The molecule has 0 aliphatic rings. The zero-order chi connectivity index (χ0) is 20.9. The molecule has 0 saturated heterocycles. The molecule has 0 spiro atoms. The average Bonchev–Trinajstić information content (AvgIpc) is 2.78. The molecule has 3 nitrogen and oxygen atoms in total. The molecule has 30 heavy (non-hydrogen) atoms. The van der Waals surface area contributed by atoms with Gasteiger partial charge in [0.25, 0.3) is 5.91 Å². The minimum Gasteiger partial charge on any atom is -0.322 e. The lowest BCUT2D eigenvalue weighted by molar-refractivity contribution is 0.101. The molecule has 4 rings (SSSR count). The van der Waals surface area contributed by atoms with Gasteiger partial charge in [-0.25, -0.2) is 4.39 Å². The molecule has 0 fully saturated rings. The van der Waals surface area contributed by atoms with Gasteiger partial charge in [-0.3, -0.25) is 9.59 Å². The first kappa shape index (κ1) is 19.9. The summed E-state index contributed by atoms with van der Waals surface area (Å²) in [6.45, 7) is 0. The third kappa shape index (κ3) is 4.75. The molecule has 0 atom stereocenters. The number of hydrogen-bond donors (Lipinski definition) is 1. The number of rotatable bonds is 6. The molecule has 0 aromatic heterocycles. The van der Waals surface area contributed by atoms with Crippen LogP contribution in [-0.4, -0.2) is 17.4 Å². The van der Waals surface area contributed by atoms with E-state index in [1.54, 1.807) is 0 Å². The maximum absolute atomic E-state index is 13.0. The number of hydrogen-bond acceptors (Lipinski definition) is 3. The summed E-state index contributed by atoms with van der Waals surface area (Å²) >= 11 is 1.40. The molecule has 0 saturated carbocycles. The number of Topliss-reactive ketones (excluding diaryl/α,β-unsaturated/α-hetero) is 1. The van der Waals surface area contributed by atoms with Crippen LogP contribution < -0.4 is 5.32 Å². The predicted molar refractivity (Wildman–Crippen MR) is 120 cm³/mol. The summed E-state index contributed by atoms with van der Waals surface area (Å²) in [5, 5.41) is 5.00. The second kappa shape index (κ2) is 8.93. The zero-order valence-corrected chi connectivity index (χ0v) is 16.8. The molecule has 4 aromatic rings. The van der Waals surface area contributed by atoms with E-state index in [-0.39, 0.29) is 23.3 Å². The summed E-state index contributed by atoms with van der Waals surface area (Å²) in [4.78, 5) is 25.7. The molecule has 0 heterocycles. The number of halogens is 1. The van der Waals surface area contributed by atoms with Gasteiger partial charge in [-0.1, -0.05) is 30.3 Å². The van der Waals surface area contributed by atoms with Gasteiger partial charge in [-0.05, 0) is 71.4 Å². The number of carbonyl (C=O) groups is 2. The second-order valence-electron chi connectivity index (χ2n) is 6.76. The van der Waals surface area contributed by atoms with Crippen molar-refractivity contribution in [3.8, 4) is 0 Å². The molecule has 1 amide bonds. The lowest BCUT2D eigenvalue weighted by Crippen LogP contribution is -2.11. The minimum absolute atomic E-state index is 0.0614. The first-order valence-electron chi connectivity index (χ1n) is 9.40. The quantitative estimate of drug-likeness (QED) is 0.301. The van der Waals surface area contributed by atoms with Gasteiger partial charge >= 0.3 is 0 Å². The topological polar surface area (TPSA) is 46.2 Å². The summed E-state index contributed by atoms with van der Waals surface area (Å²) in [7, 11) is 0. The van der Waals surface area contributed by atoms with Crippen molar-refractivity contribution in [1.29, 1.82) is 0 Å². The predicted octanol–water partition coefficient (Wildman–Crippen LogP) is 6.21. The van der Waals surface area contributed by atoms with Crippen LogP contribution in [0, 0.1) is 5.82 Å². The Balaban J connectivity index is 1.36. The second-order valence-corrected chi connectivity index (χ2v) is 7.81. The van der Waals surface area contributed by atoms with E-state index in [4.69, 9.17) is 0 Å². The van der Waals surface area contributed by atoms with Gasteiger partial charge in [0.1, 0.15) is 5.82 Å². The van der Waals surface area contributed by atoms with Gasteiger partial charge < -0.3 is 5.32 Å². The van der Waals surface area contributed by atoms with E-state index in [1.165, 1.54) is 36.0 Å². The van der Waals surface area contributed by atoms with Crippen LogP contribution in [0.25, 0.3) is 10.8 Å². The van der Waals surface area contributed by atoms with Crippen molar-refractivity contribution in [2.75, 3.05) is 11.1 Å². The molecular weight excluding hydrogens is 397 g/mol. The Hall–Kier alpha value is -3.44. The van der Waals surface area contributed by atoms with E-state index in [2.05, 4.69) is 5.32 Å². The SMILES string of the molecule is O=C(CSc1ccc(NC(=O)c2ccc3ccccc3c2)cc1)c1ccc(F)cc1. The van der Waals surface area contributed by atoms with E-state index in [9.17, 15) is 14.0 Å². The Labute approximate surface area is 177 Å². The van der Waals surface area contributed by atoms with Crippen molar-refractivity contribution in [3.05, 3.63) is 108 Å². The molecule has 1 N–H and O–H groups in total. The standard InChI is InChI=1S/C25H18FNO2S/c26-21-9-7-18(8-10-21)24(28)16-30-23-13-11-22(12-14-23)27-25(29)20-6-5-17-3-1-2-4-19(17)15-20/h1-15H,16H2,(H,27,29). The Morgan fingerprint density at radius 2 is 1.43 bits per heavy atom. The zero-order valence-electron chi connectivity index (χ0n) is 16.0. The smallest absolute Gasteiger partial charge is 0.255 e. The van der Waals surface area contributed by atoms with Crippen molar-refractivity contribution in [2.24, 2.45) is 0 Å². The van der Waals surface area contributed by atoms with Crippen LogP contribution in [0.1, 0.15) is 20.7 Å². The van der Waals surface area contributed by atoms with E-state index in [0.717, 1.165) is 15.7 Å². The van der Waals surface area contributed by atoms with Crippen LogP contribution in [0.15, 0.2) is 95.9 Å². The van der Waals surface area contributed by atoms with Gasteiger partial charge in [-0.15, -0.1) is 11.8 Å². The molecule has 0 bridgehead atoms. The molecule has 0 unspecified atom stereocenters. The van der Waals surface area contributed by atoms with E-state index in [0.29, 0.717) is 16.8 Å². The van der Waals surface area contributed by atoms with Gasteiger partial charge in [0.05, 0.1) is 5.75 Å². The highest BCUT2D eigenvalue weighted by Gasteiger charge is 2.09. The Kier molecular flexibility index (Phi) is 5.91. The molecule has 0 aliphatic heterocycles. The number of amides is 1. The Morgan fingerprint density at radius 3 is 2.17 bits per heavy atom. The highest BCUT2D eigenvalue weighted by atomic mass is 32.2. The van der Waals surface area contributed by atoms with Crippen LogP contribution in [0.2, 0.25) is 0 Å². The van der Waals surface area contributed by atoms with E-state index < -0.39 is 0 Å². The largest absolute Gasteiger partial charge is 0.322 e. The van der Waals surface area contributed by atoms with Gasteiger partial charge in [0.15, 0.2) is 5.78 Å². The third-order valence-corrected chi connectivity index (χ3v) is 5.67. The van der Waals surface area contributed by atoms with Crippen LogP contribution in [-0.2, 0) is 0 Å². The summed E-state index contributed by atoms with van der Waals surface area (Å²) in [6, 6.07) is 26.4. The van der Waals surface area contributed by atoms with Crippen LogP contribution in [0.4, 0.5) is 10.1 Å². The van der Waals surface area contributed by atoms with E-state index >= 15 is 0 Å². The molecular formula is C25H18FNO2S. The van der Waals surface area contributed by atoms with E-state index in [1.807, 2.05) is 66.7 Å². The average molecular weight is 415 g/mol. The van der Waals surface area contributed by atoms with Crippen molar-refractivity contribution in [1.82, 2.24) is 0 Å². The number of fused-ring (bicyclic) bond motifs is 1. The monoisotopic (exact) mass is 415 g/mol. The lowest BCUT2D eigenvalue weighted by Gasteiger charge is -2.08. The number of carbonyl (C=O) groups excluding carboxylic acids is 2. The van der Waals surface area contributed by atoms with Crippen LogP contribution >= 0.6 is 11.8 Å². The van der Waals surface area contributed by atoms with Crippen molar-refractivity contribution >= 4 is 39.9 Å². The summed E-state index contributed by atoms with van der Waals surface area (Å²) < 4.78 is 13.0. The number of anilines is 1. The fourth-order valence-electron chi connectivity index (χ4n) is 3.04. The summed E-state index contributed by atoms with van der Waals surface area (Å²) in [6.07, 6.45) is 0. The van der Waals surface area contributed by atoms with Gasteiger partial charge in [0, 0.05) is 21.7 Å². The normalized spacial score (nSPS) is 10.7. The van der Waals surface area contributed by atoms with Gasteiger partial charge in [-0.2, -0.15) is 0 Å². The molecule has 0 aliphatic carbocycles. The lowest BCUT2D eigenvalue weighted by atomic mass is 10.1. The minimum atomic E-state index is -0.361. The van der Waals surface area contributed by atoms with Crippen LogP contribution in [0.5, 0.6) is 0 Å². The van der Waals surface area contributed by atoms with Crippen molar-refractivity contribution in [3.63, 3.8) is 0 Å². The molecule has 5 heteroatoms. The first-order chi connectivity index (χ1) is 14.6. The Bertz CT molecular complexity index is 1200. The number of benzene rings is 4. The molecule has 4 aromatic carbocycles. The number of ketones is 1. The van der Waals surface area contributed by atoms with Crippen molar-refractivity contribution in [2.45, 2.75) is 4.90 Å². The fourth-order valence-corrected chi connectivity index (χ4v) is 3.83. The molecule has 148 valence electrons.